The second-order valence-corrected chi connectivity index (χ2v) is 3.96. The molecule has 1 amide bonds. The third-order valence-corrected chi connectivity index (χ3v) is 2.67. The highest BCUT2D eigenvalue weighted by Crippen LogP contribution is 2.21. The van der Waals surface area contributed by atoms with E-state index in [1.807, 2.05) is 6.92 Å². The lowest BCUT2D eigenvalue weighted by Crippen LogP contribution is -2.39. The van der Waals surface area contributed by atoms with E-state index in [2.05, 4.69) is 0 Å². The number of carboxylic acid groups (broad SMARTS) is 1. The molecule has 0 radical (unpaired) electrons. The van der Waals surface area contributed by atoms with Crippen LogP contribution in [0.2, 0.25) is 0 Å². The van der Waals surface area contributed by atoms with Gasteiger partial charge in [-0.2, -0.15) is 0 Å². The first-order valence-corrected chi connectivity index (χ1v) is 5.10. The number of likely N-dealkylation sites (N-methyl/N-ethyl adjacent to an activating group) is 1. The molecule has 15 heavy (non-hydrogen) atoms. The number of rotatable bonds is 4. The Kier molecular flexibility index (Phi) is 4.08. The number of carbonyl (C=O) groups is 2. The van der Waals surface area contributed by atoms with Gasteiger partial charge in [-0.1, -0.05) is 6.92 Å². The Morgan fingerprint density at radius 2 is 2.20 bits per heavy atom. The van der Waals surface area contributed by atoms with E-state index in [9.17, 15) is 9.59 Å². The maximum absolute atomic E-state index is 11.8. The molecule has 2 atom stereocenters. The van der Waals surface area contributed by atoms with Crippen LogP contribution in [-0.2, 0) is 14.3 Å². The molecule has 0 spiro atoms. The number of hydrogen-bond acceptors (Lipinski definition) is 3. The van der Waals surface area contributed by atoms with Gasteiger partial charge in [0.1, 0.15) is 6.10 Å². The highest BCUT2D eigenvalue weighted by molar-refractivity contribution is 5.81. The fraction of sp³-hybridized carbons (Fsp3) is 0.800. The zero-order valence-corrected chi connectivity index (χ0v) is 9.10. The number of nitrogens with zero attached hydrogens (tertiary/aromatic N) is 1. The van der Waals surface area contributed by atoms with E-state index in [0.717, 1.165) is 6.42 Å². The molecule has 0 aromatic heterocycles. The molecule has 1 N–H and O–H groups in total. The third kappa shape index (κ3) is 3.20. The van der Waals surface area contributed by atoms with Crippen LogP contribution >= 0.6 is 0 Å². The Labute approximate surface area is 89.0 Å². The summed E-state index contributed by atoms with van der Waals surface area (Å²) in [5.41, 5.74) is 0. The van der Waals surface area contributed by atoms with Crippen molar-refractivity contribution in [1.82, 2.24) is 4.90 Å². The number of carboxylic acids is 1. The first-order chi connectivity index (χ1) is 7.02. The number of carbonyl (C=O) groups excluding carboxylic acids is 1. The second-order valence-electron chi connectivity index (χ2n) is 3.96. The van der Waals surface area contributed by atoms with Crippen LogP contribution in [0.15, 0.2) is 0 Å². The van der Waals surface area contributed by atoms with Gasteiger partial charge in [0.05, 0.1) is 6.42 Å². The van der Waals surface area contributed by atoms with E-state index in [4.69, 9.17) is 9.84 Å². The van der Waals surface area contributed by atoms with Gasteiger partial charge in [0.15, 0.2) is 0 Å². The molecule has 1 saturated heterocycles. The van der Waals surface area contributed by atoms with Crippen LogP contribution in [0.4, 0.5) is 0 Å². The molecule has 1 aliphatic heterocycles. The van der Waals surface area contributed by atoms with Crippen molar-refractivity contribution in [3.8, 4) is 0 Å². The van der Waals surface area contributed by atoms with E-state index in [0.29, 0.717) is 6.61 Å². The SMILES string of the molecule is CC1CCOC1C(=O)N(C)CCC(=O)O. The zero-order chi connectivity index (χ0) is 11.4. The highest BCUT2D eigenvalue weighted by Gasteiger charge is 2.32. The Bertz CT molecular complexity index is 254. The van der Waals surface area contributed by atoms with Crippen LogP contribution in [0.1, 0.15) is 19.8 Å². The van der Waals surface area contributed by atoms with Gasteiger partial charge in [-0.05, 0) is 12.3 Å². The molecule has 0 aliphatic carbocycles. The topological polar surface area (TPSA) is 66.8 Å². The summed E-state index contributed by atoms with van der Waals surface area (Å²) >= 11 is 0. The Balaban J connectivity index is 2.41. The van der Waals surface area contributed by atoms with Gasteiger partial charge in [0, 0.05) is 20.2 Å². The lowest BCUT2D eigenvalue weighted by atomic mass is 10.0. The van der Waals surface area contributed by atoms with E-state index in [-0.39, 0.29) is 30.9 Å². The predicted molar refractivity (Wildman–Crippen MR) is 53.4 cm³/mol. The molecule has 1 fully saturated rings. The first kappa shape index (κ1) is 12.0. The number of amides is 1. The first-order valence-electron chi connectivity index (χ1n) is 5.10. The van der Waals surface area contributed by atoms with Crippen molar-refractivity contribution in [1.29, 1.82) is 0 Å². The second kappa shape index (κ2) is 5.11. The average molecular weight is 215 g/mol. The molecule has 0 bridgehead atoms. The van der Waals surface area contributed by atoms with Crippen molar-refractivity contribution in [3.63, 3.8) is 0 Å². The molecule has 0 saturated carbocycles. The van der Waals surface area contributed by atoms with Crippen LogP contribution in [0.5, 0.6) is 0 Å². The minimum Gasteiger partial charge on any atom is -0.481 e. The average Bonchev–Trinajstić information content (AvgIpc) is 2.59. The van der Waals surface area contributed by atoms with Crippen LogP contribution in [0, 0.1) is 5.92 Å². The summed E-state index contributed by atoms with van der Waals surface area (Å²) in [5, 5.41) is 8.49. The van der Waals surface area contributed by atoms with Crippen LogP contribution in [0.3, 0.4) is 0 Å². The molecule has 5 nitrogen and oxygen atoms in total. The Morgan fingerprint density at radius 1 is 1.53 bits per heavy atom. The van der Waals surface area contributed by atoms with Gasteiger partial charge >= 0.3 is 5.97 Å². The fourth-order valence-electron chi connectivity index (χ4n) is 1.60. The Hall–Kier alpha value is -1.10. The normalized spacial score (nSPS) is 25.2. The van der Waals surface area contributed by atoms with Gasteiger partial charge in [-0.25, -0.2) is 0 Å². The summed E-state index contributed by atoms with van der Waals surface area (Å²) in [5.74, 6) is -0.777. The molecular formula is C10H17NO4. The molecule has 1 heterocycles. The number of ether oxygens (including phenoxy) is 1. The van der Waals surface area contributed by atoms with Gasteiger partial charge in [-0.3, -0.25) is 9.59 Å². The van der Waals surface area contributed by atoms with Gasteiger partial charge < -0.3 is 14.7 Å². The van der Waals surface area contributed by atoms with Gasteiger partial charge in [0.2, 0.25) is 0 Å². The molecule has 1 rings (SSSR count). The molecule has 0 aromatic rings. The quantitative estimate of drug-likeness (QED) is 0.734. The van der Waals surface area contributed by atoms with E-state index >= 15 is 0 Å². The van der Waals surface area contributed by atoms with E-state index < -0.39 is 5.97 Å². The minimum atomic E-state index is -0.893. The number of aliphatic carboxylic acids is 1. The van der Waals surface area contributed by atoms with Crippen molar-refractivity contribution in [3.05, 3.63) is 0 Å². The summed E-state index contributed by atoms with van der Waals surface area (Å²) in [6, 6.07) is 0. The summed E-state index contributed by atoms with van der Waals surface area (Å²) in [6.45, 7) is 2.83. The summed E-state index contributed by atoms with van der Waals surface area (Å²) in [6.07, 6.45) is 0.482. The van der Waals surface area contributed by atoms with Crippen molar-refractivity contribution < 1.29 is 19.4 Å². The summed E-state index contributed by atoms with van der Waals surface area (Å²) in [7, 11) is 1.61. The molecule has 2 unspecified atom stereocenters. The summed E-state index contributed by atoms with van der Waals surface area (Å²) < 4.78 is 5.32. The number of hydrogen-bond donors (Lipinski definition) is 1. The monoisotopic (exact) mass is 215 g/mol. The van der Waals surface area contributed by atoms with Crippen LogP contribution < -0.4 is 0 Å². The zero-order valence-electron chi connectivity index (χ0n) is 9.10. The standard InChI is InChI=1S/C10H17NO4/c1-7-4-6-15-9(7)10(14)11(2)5-3-8(12)13/h7,9H,3-6H2,1-2H3,(H,12,13). The lowest BCUT2D eigenvalue weighted by molar-refractivity contribution is -0.142. The maximum Gasteiger partial charge on any atom is 0.305 e. The molecule has 5 heteroatoms. The predicted octanol–water partition coefficient (Wildman–Crippen LogP) is 0.344. The van der Waals surface area contributed by atoms with E-state index in [1.54, 1.807) is 7.05 Å². The lowest BCUT2D eigenvalue weighted by Gasteiger charge is -2.22. The van der Waals surface area contributed by atoms with Gasteiger partial charge in [0.25, 0.3) is 5.91 Å². The molecule has 1 aliphatic rings. The minimum absolute atomic E-state index is 0.0245. The van der Waals surface area contributed by atoms with Crippen molar-refractivity contribution >= 4 is 11.9 Å². The van der Waals surface area contributed by atoms with Crippen molar-refractivity contribution in [2.24, 2.45) is 5.92 Å². The smallest absolute Gasteiger partial charge is 0.305 e. The third-order valence-electron chi connectivity index (χ3n) is 2.67. The van der Waals surface area contributed by atoms with Crippen LogP contribution in [0.25, 0.3) is 0 Å². The fourth-order valence-corrected chi connectivity index (χ4v) is 1.60. The highest BCUT2D eigenvalue weighted by atomic mass is 16.5. The Morgan fingerprint density at radius 3 is 2.67 bits per heavy atom. The van der Waals surface area contributed by atoms with Crippen molar-refractivity contribution in [2.75, 3.05) is 20.2 Å². The molecule has 86 valence electrons. The van der Waals surface area contributed by atoms with Gasteiger partial charge in [-0.15, -0.1) is 0 Å². The van der Waals surface area contributed by atoms with E-state index in [1.165, 1.54) is 4.90 Å². The molecule has 0 aromatic carbocycles. The van der Waals surface area contributed by atoms with Crippen LogP contribution in [-0.4, -0.2) is 48.2 Å². The largest absolute Gasteiger partial charge is 0.481 e. The maximum atomic E-state index is 11.8. The summed E-state index contributed by atoms with van der Waals surface area (Å²) in [4.78, 5) is 23.6. The van der Waals surface area contributed by atoms with Crippen molar-refractivity contribution in [2.45, 2.75) is 25.9 Å². The molecular weight excluding hydrogens is 198 g/mol.